The molecule has 1 aliphatic heterocycles. The van der Waals surface area contributed by atoms with Crippen molar-refractivity contribution in [3.05, 3.63) is 12.2 Å². The Morgan fingerprint density at radius 3 is 3.21 bits per heavy atom. The summed E-state index contributed by atoms with van der Waals surface area (Å²) in [7, 11) is 0. The Hall–Kier alpha value is -0.790. The minimum absolute atomic E-state index is 0.00653. The summed E-state index contributed by atoms with van der Waals surface area (Å²) >= 11 is 0. The van der Waals surface area contributed by atoms with Gasteiger partial charge in [-0.25, -0.2) is 0 Å². The fourth-order valence-corrected chi connectivity index (χ4v) is 2.52. The van der Waals surface area contributed by atoms with Crippen LogP contribution in [0.25, 0.3) is 0 Å². The van der Waals surface area contributed by atoms with Gasteiger partial charge in [0.1, 0.15) is 6.10 Å². The van der Waals surface area contributed by atoms with Crippen molar-refractivity contribution in [3.63, 3.8) is 0 Å². The third kappa shape index (κ3) is 1.70. The lowest BCUT2D eigenvalue weighted by Gasteiger charge is -2.21. The molecule has 1 aliphatic carbocycles. The van der Waals surface area contributed by atoms with Crippen molar-refractivity contribution in [2.24, 2.45) is 11.8 Å². The molecule has 78 valence electrons. The molecule has 0 spiro atoms. The van der Waals surface area contributed by atoms with Crippen LogP contribution in [0.5, 0.6) is 0 Å². The number of esters is 1. The van der Waals surface area contributed by atoms with Crippen molar-refractivity contribution in [3.8, 4) is 0 Å². The van der Waals surface area contributed by atoms with Crippen LogP contribution < -0.4 is 0 Å². The van der Waals surface area contributed by atoms with Crippen LogP contribution >= 0.6 is 0 Å². The number of allylic oxidation sites excluding steroid dienone is 1. The molecule has 0 unspecified atom stereocenters. The number of cyclic esters (lactones) is 1. The quantitative estimate of drug-likeness (QED) is 0.510. The number of carbonyl (C=O) groups excluding carboxylic acids is 1. The molecule has 0 N–H and O–H groups in total. The van der Waals surface area contributed by atoms with Crippen molar-refractivity contribution in [1.82, 2.24) is 0 Å². The van der Waals surface area contributed by atoms with Crippen LogP contribution in [0.1, 0.15) is 39.0 Å². The summed E-state index contributed by atoms with van der Waals surface area (Å²) in [5, 5.41) is 0. The highest BCUT2D eigenvalue weighted by molar-refractivity contribution is 5.77. The molecule has 0 saturated carbocycles. The molecule has 0 bridgehead atoms. The first-order chi connectivity index (χ1) is 6.83. The van der Waals surface area contributed by atoms with Crippen LogP contribution in [0.2, 0.25) is 0 Å². The molecule has 2 heteroatoms. The second kappa shape index (κ2) is 4.16. The molecular weight excluding hydrogens is 176 g/mol. The first-order valence-electron chi connectivity index (χ1n) is 5.70. The number of rotatable bonds is 3. The van der Waals surface area contributed by atoms with E-state index in [2.05, 4.69) is 13.0 Å². The molecule has 0 amide bonds. The van der Waals surface area contributed by atoms with Crippen molar-refractivity contribution in [2.75, 3.05) is 0 Å². The standard InChI is InChI=1S/C12H18O2/c1-2-3-8-11-9-6-4-5-7-10(9)12(13)14-11/h5,7,9-11H,2-4,6,8H2,1H3/t9-,10+,11+/m0/s1. The number of unbranched alkanes of at least 4 members (excludes halogenated alkanes) is 1. The Bertz CT molecular complexity index is 245. The SMILES string of the molecule is CCCC[C@H]1OC(=O)[C@@H]2C=CCC[C@H]12. The number of carbonyl (C=O) groups is 1. The zero-order valence-electron chi connectivity index (χ0n) is 8.74. The van der Waals surface area contributed by atoms with Gasteiger partial charge in [-0.3, -0.25) is 4.79 Å². The molecule has 0 aromatic heterocycles. The highest BCUT2D eigenvalue weighted by Crippen LogP contribution is 2.38. The summed E-state index contributed by atoms with van der Waals surface area (Å²) in [5.41, 5.74) is 0. The molecule has 14 heavy (non-hydrogen) atoms. The van der Waals surface area contributed by atoms with Gasteiger partial charge >= 0.3 is 5.97 Å². The largest absolute Gasteiger partial charge is 0.462 e. The molecule has 0 aromatic carbocycles. The molecule has 1 fully saturated rings. The zero-order valence-corrected chi connectivity index (χ0v) is 8.74. The molecule has 3 atom stereocenters. The maximum Gasteiger partial charge on any atom is 0.313 e. The molecule has 2 nitrogen and oxygen atoms in total. The van der Waals surface area contributed by atoms with Crippen LogP contribution in [0.3, 0.4) is 0 Å². The third-order valence-corrected chi connectivity index (χ3v) is 3.33. The summed E-state index contributed by atoms with van der Waals surface area (Å²) in [6.45, 7) is 2.18. The average molecular weight is 194 g/mol. The van der Waals surface area contributed by atoms with E-state index in [1.54, 1.807) is 0 Å². The predicted octanol–water partition coefficient (Wildman–Crippen LogP) is 2.68. The smallest absolute Gasteiger partial charge is 0.313 e. The Morgan fingerprint density at radius 2 is 2.43 bits per heavy atom. The Morgan fingerprint density at radius 1 is 1.57 bits per heavy atom. The van der Waals surface area contributed by atoms with Gasteiger partial charge < -0.3 is 4.74 Å². The first-order valence-corrected chi connectivity index (χ1v) is 5.70. The van der Waals surface area contributed by atoms with Crippen LogP contribution in [0.4, 0.5) is 0 Å². The fraction of sp³-hybridized carbons (Fsp3) is 0.750. The molecular formula is C12H18O2. The molecule has 1 saturated heterocycles. The lowest BCUT2D eigenvalue weighted by atomic mass is 9.81. The lowest BCUT2D eigenvalue weighted by Crippen LogP contribution is -2.21. The van der Waals surface area contributed by atoms with Gasteiger partial charge in [-0.2, -0.15) is 0 Å². The fourth-order valence-electron chi connectivity index (χ4n) is 2.52. The predicted molar refractivity (Wildman–Crippen MR) is 54.8 cm³/mol. The van der Waals surface area contributed by atoms with Gasteiger partial charge in [0, 0.05) is 5.92 Å². The van der Waals surface area contributed by atoms with Gasteiger partial charge in [0.05, 0.1) is 5.92 Å². The first kappa shape index (κ1) is 9.75. The summed E-state index contributed by atoms with van der Waals surface area (Å²) in [4.78, 5) is 11.5. The van der Waals surface area contributed by atoms with Crippen molar-refractivity contribution in [1.29, 1.82) is 0 Å². The molecule has 0 aromatic rings. The van der Waals surface area contributed by atoms with E-state index in [0.717, 1.165) is 19.3 Å². The topological polar surface area (TPSA) is 26.3 Å². The van der Waals surface area contributed by atoms with E-state index in [0.29, 0.717) is 5.92 Å². The summed E-state index contributed by atoms with van der Waals surface area (Å²) in [6.07, 6.45) is 10.0. The maximum absolute atomic E-state index is 11.5. The van der Waals surface area contributed by atoms with E-state index >= 15 is 0 Å². The molecule has 1 heterocycles. The van der Waals surface area contributed by atoms with Crippen molar-refractivity contribution >= 4 is 5.97 Å². The van der Waals surface area contributed by atoms with Crippen LogP contribution in [0, 0.1) is 11.8 Å². The number of hydrogen-bond donors (Lipinski definition) is 0. The van der Waals surface area contributed by atoms with Gasteiger partial charge in [0.2, 0.25) is 0 Å². The van der Waals surface area contributed by atoms with Crippen LogP contribution in [0.15, 0.2) is 12.2 Å². The van der Waals surface area contributed by atoms with E-state index in [9.17, 15) is 4.79 Å². The maximum atomic E-state index is 11.5. The second-order valence-corrected chi connectivity index (χ2v) is 4.31. The monoisotopic (exact) mass is 194 g/mol. The van der Waals surface area contributed by atoms with Crippen LogP contribution in [-0.4, -0.2) is 12.1 Å². The number of ether oxygens (including phenoxy) is 1. The number of fused-ring (bicyclic) bond motifs is 1. The van der Waals surface area contributed by atoms with E-state index in [4.69, 9.17) is 4.74 Å². The lowest BCUT2D eigenvalue weighted by molar-refractivity contribution is -0.143. The van der Waals surface area contributed by atoms with Gasteiger partial charge in [-0.15, -0.1) is 0 Å². The summed E-state index contributed by atoms with van der Waals surface area (Å²) < 4.78 is 5.42. The van der Waals surface area contributed by atoms with E-state index in [1.165, 1.54) is 12.8 Å². The minimum atomic E-state index is 0.00653. The Kier molecular flexibility index (Phi) is 2.90. The van der Waals surface area contributed by atoms with E-state index < -0.39 is 0 Å². The highest BCUT2D eigenvalue weighted by atomic mass is 16.6. The zero-order chi connectivity index (χ0) is 9.97. The second-order valence-electron chi connectivity index (χ2n) is 4.31. The van der Waals surface area contributed by atoms with Gasteiger partial charge in [-0.05, 0) is 19.3 Å². The van der Waals surface area contributed by atoms with Gasteiger partial charge in [0.25, 0.3) is 0 Å². The summed E-state index contributed by atoms with van der Waals surface area (Å²) in [5.74, 6) is 0.553. The van der Waals surface area contributed by atoms with E-state index in [-0.39, 0.29) is 18.0 Å². The molecule has 0 radical (unpaired) electrons. The van der Waals surface area contributed by atoms with Gasteiger partial charge in [0.15, 0.2) is 0 Å². The van der Waals surface area contributed by atoms with Crippen LogP contribution in [-0.2, 0) is 9.53 Å². The van der Waals surface area contributed by atoms with Crippen molar-refractivity contribution in [2.45, 2.75) is 45.1 Å². The average Bonchev–Trinajstić information content (AvgIpc) is 2.54. The normalized spacial score (nSPS) is 35.5. The Labute approximate surface area is 85.3 Å². The molecule has 2 rings (SSSR count). The van der Waals surface area contributed by atoms with Crippen molar-refractivity contribution < 1.29 is 9.53 Å². The van der Waals surface area contributed by atoms with E-state index in [1.807, 2.05) is 6.08 Å². The number of hydrogen-bond acceptors (Lipinski definition) is 2. The Balaban J connectivity index is 2.01. The highest BCUT2D eigenvalue weighted by Gasteiger charge is 2.42. The third-order valence-electron chi connectivity index (χ3n) is 3.33. The minimum Gasteiger partial charge on any atom is -0.462 e. The summed E-state index contributed by atoms with van der Waals surface area (Å²) in [6, 6.07) is 0. The molecule has 2 aliphatic rings. The van der Waals surface area contributed by atoms with Gasteiger partial charge in [-0.1, -0.05) is 31.9 Å².